The van der Waals surface area contributed by atoms with E-state index in [0.29, 0.717) is 0 Å². The quantitative estimate of drug-likeness (QED) is 0.528. The molecule has 0 N–H and O–H groups in total. The van der Waals surface area contributed by atoms with Gasteiger partial charge in [-0.15, -0.1) is 0 Å². The fraction of sp³-hybridized carbons (Fsp3) is 0.286. The Kier molecular flexibility index (Phi) is 1.62. The van der Waals surface area contributed by atoms with Gasteiger partial charge >= 0.3 is 0 Å². The normalized spacial score (nSPS) is 9.12. The third kappa shape index (κ3) is 1.06. The third-order valence-electron chi connectivity index (χ3n) is 1.03. The molecule has 1 radical (unpaired) electrons. The lowest BCUT2D eigenvalue weighted by Gasteiger charge is -1.88. The monoisotopic (exact) mass is 106 g/mol. The molecule has 8 heavy (non-hydrogen) atoms. The molecule has 0 aliphatic rings. The van der Waals surface area contributed by atoms with Crippen molar-refractivity contribution in [3.8, 4) is 0 Å². The van der Waals surface area contributed by atoms with Crippen molar-refractivity contribution >= 4 is 0 Å². The summed E-state index contributed by atoms with van der Waals surface area (Å²) in [5.41, 5.74) is 1.10. The van der Waals surface area contributed by atoms with E-state index in [-0.39, 0.29) is 0 Å². The maximum absolute atomic E-state index is 3.97. The highest BCUT2D eigenvalue weighted by molar-refractivity contribution is 5.01. The van der Waals surface area contributed by atoms with Gasteiger partial charge < -0.3 is 0 Å². The van der Waals surface area contributed by atoms with Gasteiger partial charge in [0.05, 0.1) is 6.20 Å². The fourth-order valence-electron chi connectivity index (χ4n) is 0.557. The van der Waals surface area contributed by atoms with Gasteiger partial charge in [0.25, 0.3) is 0 Å². The van der Waals surface area contributed by atoms with Gasteiger partial charge in [0.15, 0.2) is 0 Å². The Labute approximate surface area is 49.4 Å². The Bertz CT molecular complexity index is 146. The van der Waals surface area contributed by atoms with E-state index in [2.05, 4.69) is 18.1 Å². The van der Waals surface area contributed by atoms with E-state index in [1.54, 1.807) is 6.07 Å². The molecule has 0 amide bonds. The standard InChI is InChI=1S/C7H8N/c1-2-7-5-3-4-6-8-7/h3-5H,2H2,1H3. The first kappa shape index (κ1) is 5.29. The lowest BCUT2D eigenvalue weighted by molar-refractivity contribution is 1.03. The smallest absolute Gasteiger partial charge is 0.0889 e. The minimum Gasteiger partial charge on any atom is -0.251 e. The average Bonchev–Trinajstić information content (AvgIpc) is 1.90. The van der Waals surface area contributed by atoms with Gasteiger partial charge in [0, 0.05) is 5.69 Å². The molecule has 0 aliphatic carbocycles. The van der Waals surface area contributed by atoms with E-state index in [1.807, 2.05) is 12.1 Å². The molecule has 1 rings (SSSR count). The number of pyridine rings is 1. The van der Waals surface area contributed by atoms with Gasteiger partial charge in [-0.1, -0.05) is 13.0 Å². The van der Waals surface area contributed by atoms with Gasteiger partial charge in [-0.25, -0.2) is 0 Å². The second kappa shape index (κ2) is 2.46. The SMILES string of the molecule is CCc1ccc[c]n1. The number of hydrogen-bond donors (Lipinski definition) is 0. The fourth-order valence-corrected chi connectivity index (χ4v) is 0.557. The van der Waals surface area contributed by atoms with E-state index in [0.717, 1.165) is 12.1 Å². The molecule has 0 saturated heterocycles. The van der Waals surface area contributed by atoms with Crippen molar-refractivity contribution in [3.63, 3.8) is 0 Å². The van der Waals surface area contributed by atoms with Crippen molar-refractivity contribution < 1.29 is 0 Å². The molecule has 0 aromatic carbocycles. The first-order valence-electron chi connectivity index (χ1n) is 2.75. The molecule has 1 aromatic heterocycles. The summed E-state index contributed by atoms with van der Waals surface area (Å²) in [4.78, 5) is 3.97. The highest BCUT2D eigenvalue weighted by atomic mass is 14.6. The van der Waals surface area contributed by atoms with Crippen LogP contribution in [-0.4, -0.2) is 4.98 Å². The number of aromatic nitrogens is 1. The van der Waals surface area contributed by atoms with Gasteiger partial charge in [0.1, 0.15) is 0 Å². The van der Waals surface area contributed by atoms with E-state index in [1.165, 1.54) is 0 Å². The average molecular weight is 106 g/mol. The van der Waals surface area contributed by atoms with Crippen LogP contribution in [0.25, 0.3) is 0 Å². The van der Waals surface area contributed by atoms with Crippen LogP contribution in [0.1, 0.15) is 12.6 Å². The molecule has 0 bridgehead atoms. The number of rotatable bonds is 1. The second-order valence-corrected chi connectivity index (χ2v) is 1.61. The highest BCUT2D eigenvalue weighted by Gasteiger charge is 1.82. The number of nitrogens with zero attached hydrogens (tertiary/aromatic N) is 1. The minimum absolute atomic E-state index is 0.997. The zero-order chi connectivity index (χ0) is 5.82. The number of hydrogen-bond acceptors (Lipinski definition) is 1. The van der Waals surface area contributed by atoms with Crippen molar-refractivity contribution in [2.24, 2.45) is 0 Å². The van der Waals surface area contributed by atoms with Gasteiger partial charge in [0.2, 0.25) is 0 Å². The summed E-state index contributed by atoms with van der Waals surface area (Å²) >= 11 is 0. The molecule has 0 aliphatic heterocycles. The van der Waals surface area contributed by atoms with Crippen LogP contribution >= 0.6 is 0 Å². The van der Waals surface area contributed by atoms with Crippen LogP contribution in [0.15, 0.2) is 18.2 Å². The van der Waals surface area contributed by atoms with Gasteiger partial charge in [-0.05, 0) is 18.6 Å². The van der Waals surface area contributed by atoms with E-state index in [4.69, 9.17) is 0 Å². The van der Waals surface area contributed by atoms with Crippen molar-refractivity contribution in [1.82, 2.24) is 4.98 Å². The van der Waals surface area contributed by atoms with Crippen LogP contribution in [-0.2, 0) is 6.42 Å². The van der Waals surface area contributed by atoms with Crippen molar-refractivity contribution in [3.05, 3.63) is 30.1 Å². The first-order valence-corrected chi connectivity index (χ1v) is 2.75. The molecular weight excluding hydrogens is 98.1 g/mol. The van der Waals surface area contributed by atoms with Crippen molar-refractivity contribution in [1.29, 1.82) is 0 Å². The highest BCUT2D eigenvalue weighted by Crippen LogP contribution is 1.90. The maximum atomic E-state index is 3.97. The van der Waals surface area contributed by atoms with Gasteiger partial charge in [-0.2, -0.15) is 0 Å². The number of aryl methyl sites for hydroxylation is 1. The zero-order valence-electron chi connectivity index (χ0n) is 4.89. The van der Waals surface area contributed by atoms with Crippen LogP contribution < -0.4 is 0 Å². The van der Waals surface area contributed by atoms with Crippen molar-refractivity contribution in [2.45, 2.75) is 13.3 Å². The minimum atomic E-state index is 0.997. The predicted octanol–water partition coefficient (Wildman–Crippen LogP) is 1.44. The molecule has 0 saturated carbocycles. The Morgan fingerprint density at radius 2 is 2.62 bits per heavy atom. The largest absolute Gasteiger partial charge is 0.251 e. The molecule has 1 heterocycles. The Morgan fingerprint density at radius 3 is 3.00 bits per heavy atom. The Hall–Kier alpha value is -0.850. The van der Waals surface area contributed by atoms with Crippen LogP contribution in [0.4, 0.5) is 0 Å². The Balaban J connectivity index is 2.83. The van der Waals surface area contributed by atoms with E-state index >= 15 is 0 Å². The predicted molar refractivity (Wildman–Crippen MR) is 32.5 cm³/mol. The first-order chi connectivity index (χ1) is 3.93. The molecule has 0 unspecified atom stereocenters. The molecule has 1 nitrogen and oxygen atoms in total. The van der Waals surface area contributed by atoms with E-state index in [9.17, 15) is 0 Å². The van der Waals surface area contributed by atoms with E-state index < -0.39 is 0 Å². The summed E-state index contributed by atoms with van der Waals surface area (Å²) in [7, 11) is 0. The summed E-state index contributed by atoms with van der Waals surface area (Å²) in [6.45, 7) is 2.08. The zero-order valence-corrected chi connectivity index (χ0v) is 4.89. The summed E-state index contributed by atoms with van der Waals surface area (Å²) in [6.07, 6.45) is 3.76. The Morgan fingerprint density at radius 1 is 1.75 bits per heavy atom. The maximum Gasteiger partial charge on any atom is 0.0889 e. The lowest BCUT2D eigenvalue weighted by atomic mass is 10.3. The molecule has 0 spiro atoms. The van der Waals surface area contributed by atoms with Crippen LogP contribution in [0.3, 0.4) is 0 Å². The summed E-state index contributed by atoms with van der Waals surface area (Å²) < 4.78 is 0. The molecule has 41 valence electrons. The molecular formula is C7H8N. The molecule has 1 heteroatoms. The van der Waals surface area contributed by atoms with Crippen LogP contribution in [0.5, 0.6) is 0 Å². The lowest BCUT2D eigenvalue weighted by Crippen LogP contribution is -1.81. The summed E-state index contributed by atoms with van der Waals surface area (Å²) in [5.74, 6) is 0. The summed E-state index contributed by atoms with van der Waals surface area (Å²) in [6, 6.07) is 5.75. The summed E-state index contributed by atoms with van der Waals surface area (Å²) in [5, 5.41) is 0. The second-order valence-electron chi connectivity index (χ2n) is 1.61. The van der Waals surface area contributed by atoms with Gasteiger partial charge in [-0.3, -0.25) is 4.98 Å². The van der Waals surface area contributed by atoms with Crippen LogP contribution in [0, 0.1) is 6.20 Å². The topological polar surface area (TPSA) is 12.9 Å². The third-order valence-corrected chi connectivity index (χ3v) is 1.03. The molecule has 0 atom stereocenters. The van der Waals surface area contributed by atoms with Crippen LogP contribution in [0.2, 0.25) is 0 Å². The van der Waals surface area contributed by atoms with Crippen molar-refractivity contribution in [2.75, 3.05) is 0 Å². The molecule has 0 fully saturated rings. The molecule has 1 aromatic rings.